The van der Waals surface area contributed by atoms with Crippen molar-refractivity contribution in [2.45, 2.75) is 6.92 Å². The Labute approximate surface area is 74.6 Å². The number of hydrogen-bond acceptors (Lipinski definition) is 5. The fourth-order valence-electron chi connectivity index (χ4n) is 1.06. The zero-order chi connectivity index (χ0) is 9.26. The van der Waals surface area contributed by atoms with Crippen molar-refractivity contribution in [2.24, 2.45) is 0 Å². The predicted molar refractivity (Wildman–Crippen MR) is 46.7 cm³/mol. The molecule has 2 rings (SSSR count). The van der Waals surface area contributed by atoms with Crippen molar-refractivity contribution in [1.82, 2.24) is 15.1 Å². The fraction of sp³-hybridized carbons (Fsp3) is 0.125. The van der Waals surface area contributed by atoms with Crippen LogP contribution in [0.15, 0.2) is 23.1 Å². The molecule has 66 valence electrons. The standard InChI is InChI=1S/C8H8N4O/c1-5-6(3-10-4-11-5)7-2-8(9)13-12-7/h2-4H,9H2,1H3. The van der Waals surface area contributed by atoms with Gasteiger partial charge in [0.1, 0.15) is 12.0 Å². The molecule has 0 aliphatic rings. The molecule has 2 heterocycles. The lowest BCUT2D eigenvalue weighted by atomic mass is 10.2. The van der Waals surface area contributed by atoms with E-state index >= 15 is 0 Å². The average molecular weight is 176 g/mol. The van der Waals surface area contributed by atoms with Gasteiger partial charge in [-0.2, -0.15) is 0 Å². The highest BCUT2D eigenvalue weighted by atomic mass is 16.5. The largest absolute Gasteiger partial charge is 0.368 e. The zero-order valence-corrected chi connectivity index (χ0v) is 7.06. The van der Waals surface area contributed by atoms with Gasteiger partial charge in [-0.05, 0) is 6.92 Å². The third-order valence-electron chi connectivity index (χ3n) is 1.72. The molecule has 5 nitrogen and oxygen atoms in total. The van der Waals surface area contributed by atoms with Crippen LogP contribution in [0, 0.1) is 6.92 Å². The molecule has 0 unspecified atom stereocenters. The Morgan fingerprint density at radius 3 is 2.92 bits per heavy atom. The maximum Gasteiger partial charge on any atom is 0.222 e. The van der Waals surface area contributed by atoms with E-state index in [1.165, 1.54) is 6.33 Å². The van der Waals surface area contributed by atoms with E-state index in [1.807, 2.05) is 6.92 Å². The Balaban J connectivity index is 2.52. The summed E-state index contributed by atoms with van der Waals surface area (Å²) in [5.74, 6) is 0.290. The minimum Gasteiger partial charge on any atom is -0.368 e. The summed E-state index contributed by atoms with van der Waals surface area (Å²) in [5, 5.41) is 3.77. The van der Waals surface area contributed by atoms with Crippen LogP contribution < -0.4 is 5.73 Å². The molecular formula is C8H8N4O. The first kappa shape index (κ1) is 7.72. The van der Waals surface area contributed by atoms with Crippen molar-refractivity contribution in [2.75, 3.05) is 5.73 Å². The number of aromatic nitrogens is 3. The first-order valence-electron chi connectivity index (χ1n) is 3.76. The Morgan fingerprint density at radius 1 is 1.46 bits per heavy atom. The quantitative estimate of drug-likeness (QED) is 0.701. The van der Waals surface area contributed by atoms with E-state index < -0.39 is 0 Å². The fourth-order valence-corrected chi connectivity index (χ4v) is 1.06. The summed E-state index contributed by atoms with van der Waals surface area (Å²) < 4.78 is 4.75. The lowest BCUT2D eigenvalue weighted by Crippen LogP contribution is -1.88. The van der Waals surface area contributed by atoms with Gasteiger partial charge in [-0.15, -0.1) is 0 Å². The molecule has 0 amide bonds. The molecule has 0 atom stereocenters. The average Bonchev–Trinajstić information content (AvgIpc) is 2.53. The van der Waals surface area contributed by atoms with E-state index in [2.05, 4.69) is 15.1 Å². The smallest absolute Gasteiger partial charge is 0.222 e. The SMILES string of the molecule is Cc1ncncc1-c1cc(N)on1. The highest BCUT2D eigenvalue weighted by molar-refractivity contribution is 5.62. The number of anilines is 1. The lowest BCUT2D eigenvalue weighted by Gasteiger charge is -1.96. The van der Waals surface area contributed by atoms with Gasteiger partial charge in [-0.25, -0.2) is 9.97 Å². The summed E-state index contributed by atoms with van der Waals surface area (Å²) in [5.41, 5.74) is 7.74. The van der Waals surface area contributed by atoms with Crippen LogP contribution in [0.2, 0.25) is 0 Å². The highest BCUT2D eigenvalue weighted by Gasteiger charge is 2.07. The molecule has 0 aromatic carbocycles. The first-order valence-corrected chi connectivity index (χ1v) is 3.76. The van der Waals surface area contributed by atoms with Gasteiger partial charge in [0.05, 0.1) is 5.69 Å². The molecule has 0 aliphatic carbocycles. The molecule has 13 heavy (non-hydrogen) atoms. The number of hydrogen-bond donors (Lipinski definition) is 1. The van der Waals surface area contributed by atoms with Crippen LogP contribution >= 0.6 is 0 Å². The Morgan fingerprint density at radius 2 is 2.31 bits per heavy atom. The highest BCUT2D eigenvalue weighted by Crippen LogP contribution is 2.20. The molecule has 0 aliphatic heterocycles. The Hall–Kier alpha value is -1.91. The summed E-state index contributed by atoms with van der Waals surface area (Å²) in [4.78, 5) is 7.93. The molecule has 5 heteroatoms. The third kappa shape index (κ3) is 1.35. The maximum atomic E-state index is 5.40. The second kappa shape index (κ2) is 2.85. The summed E-state index contributed by atoms with van der Waals surface area (Å²) in [6.07, 6.45) is 3.17. The summed E-state index contributed by atoms with van der Waals surface area (Å²) >= 11 is 0. The van der Waals surface area contributed by atoms with E-state index in [0.29, 0.717) is 11.6 Å². The zero-order valence-electron chi connectivity index (χ0n) is 7.06. The van der Waals surface area contributed by atoms with Gasteiger partial charge in [-0.1, -0.05) is 5.16 Å². The van der Waals surface area contributed by atoms with Crippen LogP contribution in [0.5, 0.6) is 0 Å². The van der Waals surface area contributed by atoms with Gasteiger partial charge >= 0.3 is 0 Å². The summed E-state index contributed by atoms with van der Waals surface area (Å²) in [6, 6.07) is 1.64. The van der Waals surface area contributed by atoms with Crippen LogP contribution in [0.3, 0.4) is 0 Å². The van der Waals surface area contributed by atoms with Gasteiger partial charge in [0.15, 0.2) is 0 Å². The minimum atomic E-state index is 0.290. The van der Waals surface area contributed by atoms with E-state index in [1.54, 1.807) is 12.3 Å². The normalized spacial score (nSPS) is 10.2. The molecule has 0 bridgehead atoms. The monoisotopic (exact) mass is 176 g/mol. The van der Waals surface area contributed by atoms with Crippen LogP contribution in [0.4, 0.5) is 5.88 Å². The third-order valence-corrected chi connectivity index (χ3v) is 1.72. The second-order valence-electron chi connectivity index (χ2n) is 2.64. The number of nitrogens with two attached hydrogens (primary N) is 1. The Kier molecular flexibility index (Phi) is 1.70. The maximum absolute atomic E-state index is 5.40. The van der Waals surface area contributed by atoms with Crippen molar-refractivity contribution in [3.05, 3.63) is 24.3 Å². The van der Waals surface area contributed by atoms with E-state index in [-0.39, 0.29) is 0 Å². The van der Waals surface area contributed by atoms with Gasteiger partial charge < -0.3 is 10.3 Å². The van der Waals surface area contributed by atoms with Crippen LogP contribution in [-0.4, -0.2) is 15.1 Å². The molecule has 2 aromatic rings. The van der Waals surface area contributed by atoms with Gasteiger partial charge in [0, 0.05) is 17.8 Å². The summed E-state index contributed by atoms with van der Waals surface area (Å²) in [6.45, 7) is 1.88. The van der Waals surface area contributed by atoms with Gasteiger partial charge in [0.25, 0.3) is 0 Å². The van der Waals surface area contributed by atoms with Gasteiger partial charge in [-0.3, -0.25) is 0 Å². The van der Waals surface area contributed by atoms with E-state index in [0.717, 1.165) is 11.3 Å². The van der Waals surface area contributed by atoms with E-state index in [9.17, 15) is 0 Å². The molecule has 2 aromatic heterocycles. The summed E-state index contributed by atoms with van der Waals surface area (Å²) in [7, 11) is 0. The van der Waals surface area contributed by atoms with Crippen LogP contribution in [0.1, 0.15) is 5.69 Å². The van der Waals surface area contributed by atoms with Crippen molar-refractivity contribution >= 4 is 5.88 Å². The minimum absolute atomic E-state index is 0.290. The number of rotatable bonds is 1. The van der Waals surface area contributed by atoms with Crippen LogP contribution in [0.25, 0.3) is 11.3 Å². The molecule has 0 saturated carbocycles. The molecule has 0 fully saturated rings. The molecular weight excluding hydrogens is 168 g/mol. The van der Waals surface area contributed by atoms with Crippen molar-refractivity contribution in [3.8, 4) is 11.3 Å². The predicted octanol–water partition coefficient (Wildman–Crippen LogP) is 1.02. The first-order chi connectivity index (χ1) is 6.27. The van der Waals surface area contributed by atoms with Crippen molar-refractivity contribution in [1.29, 1.82) is 0 Å². The van der Waals surface area contributed by atoms with Crippen LogP contribution in [-0.2, 0) is 0 Å². The molecule has 0 radical (unpaired) electrons. The second-order valence-corrected chi connectivity index (χ2v) is 2.64. The lowest BCUT2D eigenvalue weighted by molar-refractivity contribution is 0.439. The molecule has 2 N–H and O–H groups in total. The van der Waals surface area contributed by atoms with Crippen molar-refractivity contribution in [3.63, 3.8) is 0 Å². The van der Waals surface area contributed by atoms with Gasteiger partial charge in [0.2, 0.25) is 5.88 Å². The number of nitrogens with zero attached hydrogens (tertiary/aromatic N) is 3. The number of aryl methyl sites for hydroxylation is 1. The Bertz CT molecular complexity index is 424. The molecule has 0 saturated heterocycles. The topological polar surface area (TPSA) is 77.8 Å². The number of nitrogen functional groups attached to an aromatic ring is 1. The van der Waals surface area contributed by atoms with E-state index in [4.69, 9.17) is 10.3 Å². The molecule has 0 spiro atoms. The van der Waals surface area contributed by atoms with Crippen molar-refractivity contribution < 1.29 is 4.52 Å².